The zero-order valence-electron chi connectivity index (χ0n) is 10.9. The van der Waals surface area contributed by atoms with Crippen LogP contribution in [0.3, 0.4) is 0 Å². The molecule has 5 heteroatoms. The van der Waals surface area contributed by atoms with E-state index in [9.17, 15) is 9.18 Å². The Morgan fingerprint density at radius 2 is 2.06 bits per heavy atom. The molecule has 0 spiro atoms. The Kier molecular flexibility index (Phi) is 5.58. The molecular weight excluding hydrogens is 233 g/mol. The highest BCUT2D eigenvalue weighted by Gasteiger charge is 2.08. The van der Waals surface area contributed by atoms with Gasteiger partial charge in [-0.3, -0.25) is 4.79 Å². The van der Waals surface area contributed by atoms with Crippen LogP contribution in [-0.2, 0) is 0 Å². The van der Waals surface area contributed by atoms with E-state index < -0.39 is 5.82 Å². The minimum Gasteiger partial charge on any atom is -0.396 e. The molecule has 18 heavy (non-hydrogen) atoms. The van der Waals surface area contributed by atoms with Crippen LogP contribution in [0.15, 0.2) is 18.2 Å². The van der Waals surface area contributed by atoms with Crippen molar-refractivity contribution in [2.24, 2.45) is 0 Å². The Morgan fingerprint density at radius 1 is 1.39 bits per heavy atom. The van der Waals surface area contributed by atoms with Crippen LogP contribution in [0.2, 0.25) is 0 Å². The molecule has 0 saturated carbocycles. The maximum absolute atomic E-state index is 12.9. The molecule has 0 unspecified atom stereocenters. The third-order valence-corrected chi connectivity index (χ3v) is 2.87. The summed E-state index contributed by atoms with van der Waals surface area (Å²) in [6, 6.07) is 3.98. The van der Waals surface area contributed by atoms with Gasteiger partial charge in [-0.2, -0.15) is 0 Å². The summed E-state index contributed by atoms with van der Waals surface area (Å²) in [6.45, 7) is 7.43. The van der Waals surface area contributed by atoms with E-state index in [-0.39, 0.29) is 11.6 Å². The van der Waals surface area contributed by atoms with E-state index in [0.29, 0.717) is 12.1 Å². The van der Waals surface area contributed by atoms with Crippen LogP contribution in [0.1, 0.15) is 24.2 Å². The van der Waals surface area contributed by atoms with Gasteiger partial charge in [0.1, 0.15) is 5.82 Å². The maximum Gasteiger partial charge on any atom is 0.251 e. The Bertz CT molecular complexity index is 405. The van der Waals surface area contributed by atoms with Gasteiger partial charge in [0, 0.05) is 18.7 Å². The summed E-state index contributed by atoms with van der Waals surface area (Å²) in [7, 11) is 0. The van der Waals surface area contributed by atoms with Crippen molar-refractivity contribution in [1.82, 2.24) is 10.2 Å². The number of hydrogen-bond donors (Lipinski definition) is 2. The fraction of sp³-hybridized carbons (Fsp3) is 0.462. The van der Waals surface area contributed by atoms with E-state index >= 15 is 0 Å². The van der Waals surface area contributed by atoms with Gasteiger partial charge < -0.3 is 16.0 Å². The van der Waals surface area contributed by atoms with Gasteiger partial charge in [0.05, 0.1) is 5.69 Å². The van der Waals surface area contributed by atoms with Crippen LogP contribution in [0.25, 0.3) is 0 Å². The molecule has 4 nitrogen and oxygen atoms in total. The quantitative estimate of drug-likeness (QED) is 0.755. The number of carbonyl (C=O) groups is 1. The Morgan fingerprint density at radius 3 is 2.61 bits per heavy atom. The number of nitrogens with one attached hydrogen (secondary N) is 1. The van der Waals surface area contributed by atoms with Crippen molar-refractivity contribution < 1.29 is 9.18 Å². The highest BCUT2D eigenvalue weighted by Crippen LogP contribution is 2.11. The van der Waals surface area contributed by atoms with E-state index in [4.69, 9.17) is 5.73 Å². The molecule has 0 atom stereocenters. The van der Waals surface area contributed by atoms with Crippen LogP contribution in [0.5, 0.6) is 0 Å². The van der Waals surface area contributed by atoms with Gasteiger partial charge in [-0.25, -0.2) is 4.39 Å². The lowest BCUT2D eigenvalue weighted by atomic mass is 10.2. The van der Waals surface area contributed by atoms with E-state index in [2.05, 4.69) is 24.1 Å². The summed E-state index contributed by atoms with van der Waals surface area (Å²) in [5.74, 6) is -0.733. The number of amides is 1. The minimum absolute atomic E-state index is 0.00797. The second-order valence-electron chi connectivity index (χ2n) is 4.02. The van der Waals surface area contributed by atoms with E-state index in [0.717, 1.165) is 19.6 Å². The topological polar surface area (TPSA) is 58.4 Å². The third kappa shape index (κ3) is 4.00. The molecule has 1 amide bonds. The second-order valence-corrected chi connectivity index (χ2v) is 4.02. The standard InChI is InChI=1S/C13H20FN3O/c1-3-17(4-2)8-7-16-13(18)10-5-6-11(14)12(15)9-10/h5-6,9H,3-4,7-8,15H2,1-2H3,(H,16,18). The van der Waals surface area contributed by atoms with Crippen molar-refractivity contribution >= 4 is 11.6 Å². The zero-order valence-corrected chi connectivity index (χ0v) is 10.9. The molecule has 0 aliphatic rings. The van der Waals surface area contributed by atoms with Crippen molar-refractivity contribution in [2.75, 3.05) is 31.9 Å². The number of hydrogen-bond acceptors (Lipinski definition) is 3. The number of nitrogen functional groups attached to an aromatic ring is 1. The summed E-state index contributed by atoms with van der Waals surface area (Å²) < 4.78 is 12.9. The smallest absolute Gasteiger partial charge is 0.251 e. The summed E-state index contributed by atoms with van der Waals surface area (Å²) in [5.41, 5.74) is 5.79. The molecular formula is C13H20FN3O. The molecule has 0 heterocycles. The lowest BCUT2D eigenvalue weighted by molar-refractivity contribution is 0.0949. The van der Waals surface area contributed by atoms with Gasteiger partial charge in [-0.15, -0.1) is 0 Å². The molecule has 0 aliphatic carbocycles. The zero-order chi connectivity index (χ0) is 13.5. The van der Waals surface area contributed by atoms with Crippen LogP contribution < -0.4 is 11.1 Å². The van der Waals surface area contributed by atoms with Gasteiger partial charge in [-0.1, -0.05) is 13.8 Å². The number of anilines is 1. The van der Waals surface area contributed by atoms with Crippen molar-refractivity contribution in [3.8, 4) is 0 Å². The van der Waals surface area contributed by atoms with Crippen molar-refractivity contribution in [1.29, 1.82) is 0 Å². The average Bonchev–Trinajstić information content (AvgIpc) is 2.37. The number of carbonyl (C=O) groups excluding carboxylic acids is 1. The Labute approximate surface area is 107 Å². The first-order valence-electron chi connectivity index (χ1n) is 6.14. The lowest BCUT2D eigenvalue weighted by Gasteiger charge is -2.17. The number of nitrogens with zero attached hydrogens (tertiary/aromatic N) is 1. The number of halogens is 1. The van der Waals surface area contributed by atoms with E-state index in [1.54, 1.807) is 0 Å². The predicted molar refractivity (Wildman–Crippen MR) is 70.9 cm³/mol. The molecule has 0 aromatic heterocycles. The monoisotopic (exact) mass is 253 g/mol. The number of rotatable bonds is 6. The molecule has 3 N–H and O–H groups in total. The SMILES string of the molecule is CCN(CC)CCNC(=O)c1ccc(F)c(N)c1. The Balaban J connectivity index is 2.48. The van der Waals surface area contributed by atoms with Crippen molar-refractivity contribution in [3.63, 3.8) is 0 Å². The van der Waals surface area contributed by atoms with Crippen molar-refractivity contribution in [2.45, 2.75) is 13.8 Å². The molecule has 0 fully saturated rings. The van der Waals surface area contributed by atoms with Crippen LogP contribution >= 0.6 is 0 Å². The number of likely N-dealkylation sites (N-methyl/N-ethyl adjacent to an activating group) is 1. The second kappa shape index (κ2) is 6.96. The summed E-state index contributed by atoms with van der Waals surface area (Å²) in [6.07, 6.45) is 0. The van der Waals surface area contributed by atoms with Gasteiger partial charge in [0.15, 0.2) is 0 Å². The fourth-order valence-corrected chi connectivity index (χ4v) is 1.65. The molecule has 0 saturated heterocycles. The van der Waals surface area contributed by atoms with Crippen LogP contribution in [0.4, 0.5) is 10.1 Å². The molecule has 1 aromatic rings. The maximum atomic E-state index is 12.9. The fourth-order valence-electron chi connectivity index (χ4n) is 1.65. The number of benzene rings is 1. The lowest BCUT2D eigenvalue weighted by Crippen LogP contribution is -2.34. The average molecular weight is 253 g/mol. The van der Waals surface area contributed by atoms with E-state index in [1.807, 2.05) is 0 Å². The molecule has 1 aromatic carbocycles. The predicted octanol–water partition coefficient (Wildman–Crippen LogP) is 1.48. The third-order valence-electron chi connectivity index (χ3n) is 2.87. The molecule has 0 radical (unpaired) electrons. The first-order valence-corrected chi connectivity index (χ1v) is 6.14. The first kappa shape index (κ1) is 14.4. The summed E-state index contributed by atoms with van der Waals surface area (Å²) in [5, 5.41) is 2.79. The van der Waals surface area contributed by atoms with Gasteiger partial charge in [0.2, 0.25) is 0 Å². The molecule has 100 valence electrons. The highest BCUT2D eigenvalue weighted by molar-refractivity contribution is 5.95. The molecule has 0 bridgehead atoms. The van der Waals surface area contributed by atoms with Crippen molar-refractivity contribution in [3.05, 3.63) is 29.6 Å². The van der Waals surface area contributed by atoms with Gasteiger partial charge in [-0.05, 0) is 31.3 Å². The van der Waals surface area contributed by atoms with Crippen LogP contribution in [-0.4, -0.2) is 37.0 Å². The van der Waals surface area contributed by atoms with Gasteiger partial charge >= 0.3 is 0 Å². The van der Waals surface area contributed by atoms with Gasteiger partial charge in [0.25, 0.3) is 5.91 Å². The normalized spacial score (nSPS) is 10.7. The first-order chi connectivity index (χ1) is 8.58. The number of nitrogens with two attached hydrogens (primary N) is 1. The van der Waals surface area contributed by atoms with E-state index in [1.165, 1.54) is 18.2 Å². The molecule has 0 aliphatic heterocycles. The molecule has 1 rings (SSSR count). The summed E-state index contributed by atoms with van der Waals surface area (Å²) in [4.78, 5) is 14.0. The highest BCUT2D eigenvalue weighted by atomic mass is 19.1. The largest absolute Gasteiger partial charge is 0.396 e. The summed E-state index contributed by atoms with van der Waals surface area (Å²) >= 11 is 0. The Hall–Kier alpha value is -1.62. The van der Waals surface area contributed by atoms with Crippen LogP contribution in [0, 0.1) is 5.82 Å². The minimum atomic E-state index is -0.505.